The van der Waals surface area contributed by atoms with Crippen molar-refractivity contribution in [2.75, 3.05) is 0 Å². The summed E-state index contributed by atoms with van der Waals surface area (Å²) in [6, 6.07) is 69.8. The number of nitrogens with zero attached hydrogens (tertiary/aromatic N) is 2. The molecule has 9 aromatic rings. The predicted molar refractivity (Wildman–Crippen MR) is 202 cm³/mol. The molecule has 0 bridgehead atoms. The first kappa shape index (κ1) is 27.9. The Hall–Kier alpha value is -6.38. The van der Waals surface area contributed by atoms with Gasteiger partial charge in [0.2, 0.25) is 0 Å². The van der Waals surface area contributed by atoms with E-state index in [2.05, 4.69) is 203 Å². The zero-order valence-corrected chi connectivity index (χ0v) is 26.4. The van der Waals surface area contributed by atoms with Crippen molar-refractivity contribution in [1.29, 1.82) is 0 Å². The smallest absolute Gasteiger partial charge is 0.0620 e. The Labute approximate surface area is 280 Å². The largest absolute Gasteiger partial charge is 0.309 e. The molecule has 226 valence electrons. The fourth-order valence-electron chi connectivity index (χ4n) is 7.27. The van der Waals surface area contributed by atoms with Crippen LogP contribution in [0.5, 0.6) is 0 Å². The lowest BCUT2D eigenvalue weighted by Gasteiger charge is -2.16. The molecule has 0 saturated carbocycles. The SMILES string of the molecule is c1ccc(-c2ccc(-n3c(-c4ccccc4)c(-c4c(-c5ccccc5)n(-c5ccccc5)c5ccccc45)c4ccccc43)cc2)cc1. The van der Waals surface area contributed by atoms with E-state index in [9.17, 15) is 0 Å². The molecule has 48 heavy (non-hydrogen) atoms. The van der Waals surface area contributed by atoms with Crippen molar-refractivity contribution in [2.24, 2.45) is 0 Å². The van der Waals surface area contributed by atoms with E-state index < -0.39 is 0 Å². The number of hydrogen-bond acceptors (Lipinski definition) is 0. The van der Waals surface area contributed by atoms with Gasteiger partial charge in [0.05, 0.1) is 22.4 Å². The first-order chi connectivity index (χ1) is 23.9. The average Bonchev–Trinajstić information content (AvgIpc) is 3.69. The molecule has 0 N–H and O–H groups in total. The molecule has 2 heterocycles. The lowest BCUT2D eigenvalue weighted by molar-refractivity contribution is 1.13. The van der Waals surface area contributed by atoms with Gasteiger partial charge >= 0.3 is 0 Å². The van der Waals surface area contributed by atoms with Crippen molar-refractivity contribution in [2.45, 2.75) is 0 Å². The van der Waals surface area contributed by atoms with Crippen molar-refractivity contribution < 1.29 is 0 Å². The summed E-state index contributed by atoms with van der Waals surface area (Å²) in [7, 11) is 0. The van der Waals surface area contributed by atoms with Gasteiger partial charge in [-0.15, -0.1) is 0 Å². The van der Waals surface area contributed by atoms with E-state index in [0.717, 1.165) is 11.4 Å². The zero-order valence-electron chi connectivity index (χ0n) is 26.4. The highest BCUT2D eigenvalue weighted by Crippen LogP contribution is 2.50. The van der Waals surface area contributed by atoms with Crippen LogP contribution < -0.4 is 0 Å². The van der Waals surface area contributed by atoms with Crippen molar-refractivity contribution in [3.8, 4) is 56.1 Å². The van der Waals surface area contributed by atoms with E-state index in [-0.39, 0.29) is 0 Å². The molecule has 0 aliphatic heterocycles. The second-order valence-corrected chi connectivity index (χ2v) is 12.1. The molecule has 9 rings (SSSR count). The minimum absolute atomic E-state index is 1.13. The Bertz CT molecular complexity index is 2510. The van der Waals surface area contributed by atoms with Gasteiger partial charge in [-0.05, 0) is 58.7 Å². The molecule has 0 atom stereocenters. The van der Waals surface area contributed by atoms with Crippen LogP contribution in [0.2, 0.25) is 0 Å². The molecule has 0 aliphatic carbocycles. The molecule has 0 unspecified atom stereocenters. The summed E-state index contributed by atoms with van der Waals surface area (Å²) in [4.78, 5) is 0. The maximum absolute atomic E-state index is 2.46. The fraction of sp³-hybridized carbons (Fsp3) is 0. The number of aromatic nitrogens is 2. The number of benzene rings is 7. The topological polar surface area (TPSA) is 9.86 Å². The maximum atomic E-state index is 2.46. The number of rotatable bonds is 6. The van der Waals surface area contributed by atoms with Crippen LogP contribution in [0.3, 0.4) is 0 Å². The molecule has 0 fully saturated rings. The van der Waals surface area contributed by atoms with Crippen LogP contribution in [-0.2, 0) is 0 Å². The van der Waals surface area contributed by atoms with E-state index in [1.54, 1.807) is 0 Å². The van der Waals surface area contributed by atoms with Gasteiger partial charge in [0.25, 0.3) is 0 Å². The molecule has 0 amide bonds. The number of fused-ring (bicyclic) bond motifs is 2. The van der Waals surface area contributed by atoms with Crippen LogP contribution in [0.1, 0.15) is 0 Å². The summed E-state index contributed by atoms with van der Waals surface area (Å²) in [5.41, 5.74) is 14.2. The van der Waals surface area contributed by atoms with Gasteiger partial charge in [-0.2, -0.15) is 0 Å². The van der Waals surface area contributed by atoms with Gasteiger partial charge in [0, 0.05) is 33.3 Å². The lowest BCUT2D eigenvalue weighted by Crippen LogP contribution is -1.99. The molecular weight excluding hydrogens is 581 g/mol. The van der Waals surface area contributed by atoms with E-state index in [1.807, 2.05) is 0 Å². The average molecular weight is 613 g/mol. The van der Waals surface area contributed by atoms with Crippen molar-refractivity contribution >= 4 is 21.8 Å². The second-order valence-electron chi connectivity index (χ2n) is 12.1. The minimum atomic E-state index is 1.13. The first-order valence-corrected chi connectivity index (χ1v) is 16.5. The first-order valence-electron chi connectivity index (χ1n) is 16.5. The molecule has 2 heteroatoms. The van der Waals surface area contributed by atoms with Crippen LogP contribution >= 0.6 is 0 Å². The maximum Gasteiger partial charge on any atom is 0.0620 e. The van der Waals surface area contributed by atoms with Gasteiger partial charge in [0.1, 0.15) is 0 Å². The Kier molecular flexibility index (Phi) is 6.84. The second kappa shape index (κ2) is 11.8. The highest BCUT2D eigenvalue weighted by atomic mass is 15.0. The third-order valence-electron chi connectivity index (χ3n) is 9.34. The standard InChI is InChI=1S/C46H32N2/c1-5-17-33(18-6-1)34-29-31-38(32-30-34)48-42-28-16-14-26-40(42)44(46(48)36-21-9-3-10-22-36)43-39-25-13-15-27-41(39)47(37-23-11-4-12-24-37)45(43)35-19-7-2-8-20-35/h1-32H. The van der Waals surface area contributed by atoms with Gasteiger partial charge in [-0.25, -0.2) is 0 Å². The van der Waals surface area contributed by atoms with Crippen LogP contribution in [0, 0.1) is 0 Å². The van der Waals surface area contributed by atoms with Crippen LogP contribution in [0.15, 0.2) is 194 Å². The Morgan fingerprint density at radius 2 is 0.583 bits per heavy atom. The molecule has 2 aromatic heterocycles. The molecule has 0 saturated heterocycles. The van der Waals surface area contributed by atoms with Crippen molar-refractivity contribution in [1.82, 2.24) is 9.13 Å². The Morgan fingerprint density at radius 1 is 0.250 bits per heavy atom. The van der Waals surface area contributed by atoms with Gasteiger partial charge < -0.3 is 9.13 Å². The monoisotopic (exact) mass is 612 g/mol. The summed E-state index contributed by atoms with van der Waals surface area (Å²) in [6.45, 7) is 0. The molecule has 0 radical (unpaired) electrons. The number of hydrogen-bond donors (Lipinski definition) is 0. The third kappa shape index (κ3) is 4.58. The van der Waals surface area contributed by atoms with E-state index >= 15 is 0 Å². The summed E-state index contributed by atoms with van der Waals surface area (Å²) < 4.78 is 4.90. The van der Waals surface area contributed by atoms with Gasteiger partial charge in [0.15, 0.2) is 0 Å². The van der Waals surface area contributed by atoms with Crippen LogP contribution in [0.25, 0.3) is 77.9 Å². The van der Waals surface area contributed by atoms with Crippen molar-refractivity contribution in [3.63, 3.8) is 0 Å². The lowest BCUT2D eigenvalue weighted by atomic mass is 9.93. The van der Waals surface area contributed by atoms with E-state index in [0.29, 0.717) is 0 Å². The summed E-state index contributed by atoms with van der Waals surface area (Å²) in [5, 5.41) is 2.44. The quantitative estimate of drug-likeness (QED) is 0.177. The van der Waals surface area contributed by atoms with Crippen LogP contribution in [-0.4, -0.2) is 9.13 Å². The Balaban J connectivity index is 1.43. The summed E-state index contributed by atoms with van der Waals surface area (Å²) >= 11 is 0. The molecule has 7 aromatic carbocycles. The zero-order chi connectivity index (χ0) is 31.9. The molecule has 2 nitrogen and oxygen atoms in total. The highest BCUT2D eigenvalue weighted by molar-refractivity contribution is 6.16. The van der Waals surface area contributed by atoms with Gasteiger partial charge in [-0.3, -0.25) is 0 Å². The Morgan fingerprint density at radius 3 is 1.04 bits per heavy atom. The van der Waals surface area contributed by atoms with Gasteiger partial charge in [-0.1, -0.05) is 158 Å². The van der Waals surface area contributed by atoms with E-state index in [4.69, 9.17) is 0 Å². The summed E-state index contributed by atoms with van der Waals surface area (Å²) in [5.74, 6) is 0. The summed E-state index contributed by atoms with van der Waals surface area (Å²) in [6.07, 6.45) is 0. The van der Waals surface area contributed by atoms with E-state index in [1.165, 1.54) is 66.6 Å². The van der Waals surface area contributed by atoms with Crippen LogP contribution in [0.4, 0.5) is 0 Å². The predicted octanol–water partition coefficient (Wildman–Crippen LogP) is 12.2. The normalized spacial score (nSPS) is 11.3. The number of para-hydroxylation sites is 3. The molecule has 0 aliphatic rings. The fourth-order valence-corrected chi connectivity index (χ4v) is 7.27. The molecule has 0 spiro atoms. The minimum Gasteiger partial charge on any atom is -0.309 e. The highest BCUT2D eigenvalue weighted by Gasteiger charge is 2.28. The third-order valence-corrected chi connectivity index (χ3v) is 9.34. The molecular formula is C46H32N2. The van der Waals surface area contributed by atoms with Crippen molar-refractivity contribution in [3.05, 3.63) is 194 Å².